The van der Waals surface area contributed by atoms with E-state index in [2.05, 4.69) is 22.3 Å². The van der Waals surface area contributed by atoms with Crippen molar-refractivity contribution in [2.75, 3.05) is 19.0 Å². The third kappa shape index (κ3) is 7.33. The van der Waals surface area contributed by atoms with Crippen molar-refractivity contribution in [2.24, 2.45) is 11.8 Å². The number of anilines is 1. The van der Waals surface area contributed by atoms with E-state index in [4.69, 9.17) is 0 Å². The molecule has 1 aliphatic carbocycles. The Morgan fingerprint density at radius 3 is 2.36 bits per heavy atom. The molecule has 1 fully saturated rings. The Bertz CT molecular complexity index is 649. The molecular weight excluding hydrogens is 356 g/mol. The van der Waals surface area contributed by atoms with Crippen molar-refractivity contribution < 1.29 is 19.1 Å². The number of carbonyl (C=O) groups is 3. The van der Waals surface area contributed by atoms with Gasteiger partial charge in [0.15, 0.2) is 0 Å². The van der Waals surface area contributed by atoms with Crippen LogP contribution < -0.4 is 10.6 Å². The van der Waals surface area contributed by atoms with Crippen molar-refractivity contribution >= 4 is 23.5 Å². The number of hydrogen-bond acceptors (Lipinski definition) is 4. The van der Waals surface area contributed by atoms with Crippen LogP contribution in [0.1, 0.15) is 57.4 Å². The van der Waals surface area contributed by atoms with Crippen LogP contribution in [0.25, 0.3) is 0 Å². The second-order valence-corrected chi connectivity index (χ2v) is 7.58. The van der Waals surface area contributed by atoms with Crippen LogP contribution in [0.2, 0.25) is 0 Å². The molecule has 0 radical (unpaired) electrons. The molecule has 0 heterocycles. The summed E-state index contributed by atoms with van der Waals surface area (Å²) in [7, 11) is 1.28. The minimum absolute atomic E-state index is 0.0949. The Morgan fingerprint density at radius 2 is 1.75 bits per heavy atom. The predicted octanol–water partition coefficient (Wildman–Crippen LogP) is 3.45. The standard InChI is InChI=1S/C22H32N2O4/c1-3-4-5-16-6-10-18(11-7-16)22(27)24-19-12-8-17(9-13-19)14-20(25)23-15-21(26)28-2/h8-9,12-13,16,18H,3-7,10-11,14-15H2,1-2H3,(H,23,25)(H,24,27). The minimum Gasteiger partial charge on any atom is -0.468 e. The van der Waals surface area contributed by atoms with Gasteiger partial charge in [0.25, 0.3) is 0 Å². The average Bonchev–Trinajstić information content (AvgIpc) is 2.72. The number of unbranched alkanes of at least 4 members (excludes halogenated alkanes) is 1. The molecular formula is C22H32N2O4. The molecule has 1 saturated carbocycles. The fourth-order valence-corrected chi connectivity index (χ4v) is 3.65. The summed E-state index contributed by atoms with van der Waals surface area (Å²) in [5.74, 6) is 0.251. The van der Waals surface area contributed by atoms with Gasteiger partial charge in [-0.25, -0.2) is 0 Å². The van der Waals surface area contributed by atoms with E-state index in [-0.39, 0.29) is 30.7 Å². The third-order valence-corrected chi connectivity index (χ3v) is 5.43. The van der Waals surface area contributed by atoms with E-state index in [1.165, 1.54) is 26.4 Å². The normalized spacial score (nSPS) is 18.9. The minimum atomic E-state index is -0.481. The Morgan fingerprint density at radius 1 is 1.07 bits per heavy atom. The van der Waals surface area contributed by atoms with E-state index in [9.17, 15) is 14.4 Å². The summed E-state index contributed by atoms with van der Waals surface area (Å²) in [6, 6.07) is 7.26. The van der Waals surface area contributed by atoms with E-state index in [1.54, 1.807) is 0 Å². The second-order valence-electron chi connectivity index (χ2n) is 7.58. The van der Waals surface area contributed by atoms with E-state index < -0.39 is 5.97 Å². The van der Waals surface area contributed by atoms with E-state index >= 15 is 0 Å². The van der Waals surface area contributed by atoms with Gasteiger partial charge in [0.05, 0.1) is 13.5 Å². The van der Waals surface area contributed by atoms with Crippen molar-refractivity contribution in [3.8, 4) is 0 Å². The fourth-order valence-electron chi connectivity index (χ4n) is 3.65. The maximum atomic E-state index is 12.5. The van der Waals surface area contributed by atoms with E-state index in [1.807, 2.05) is 24.3 Å². The molecule has 2 amide bonds. The highest BCUT2D eigenvalue weighted by Gasteiger charge is 2.26. The molecule has 28 heavy (non-hydrogen) atoms. The number of methoxy groups -OCH3 is 1. The van der Waals surface area contributed by atoms with Gasteiger partial charge in [0, 0.05) is 11.6 Å². The van der Waals surface area contributed by atoms with Gasteiger partial charge in [0.2, 0.25) is 11.8 Å². The van der Waals surface area contributed by atoms with Gasteiger partial charge in [-0.15, -0.1) is 0 Å². The van der Waals surface area contributed by atoms with Gasteiger partial charge >= 0.3 is 5.97 Å². The molecule has 1 aliphatic rings. The van der Waals surface area contributed by atoms with Gasteiger partial charge in [-0.05, 0) is 49.3 Å². The average molecular weight is 389 g/mol. The third-order valence-electron chi connectivity index (χ3n) is 5.43. The molecule has 0 spiro atoms. The zero-order valence-electron chi connectivity index (χ0n) is 17.0. The van der Waals surface area contributed by atoms with Crippen LogP contribution in [0.3, 0.4) is 0 Å². The maximum Gasteiger partial charge on any atom is 0.325 e. The Hall–Kier alpha value is -2.37. The van der Waals surface area contributed by atoms with Gasteiger partial charge < -0.3 is 15.4 Å². The van der Waals surface area contributed by atoms with E-state index in [0.29, 0.717) is 0 Å². The summed E-state index contributed by atoms with van der Waals surface area (Å²) in [6.07, 6.45) is 8.23. The Labute approximate surface area is 167 Å². The van der Waals surface area contributed by atoms with Crippen molar-refractivity contribution in [2.45, 2.75) is 58.3 Å². The molecule has 0 unspecified atom stereocenters. The summed E-state index contributed by atoms with van der Waals surface area (Å²) in [4.78, 5) is 35.3. The first kappa shape index (κ1) is 21.9. The van der Waals surface area contributed by atoms with E-state index in [0.717, 1.165) is 42.9 Å². The number of rotatable bonds is 9. The van der Waals surface area contributed by atoms with Crippen molar-refractivity contribution in [3.63, 3.8) is 0 Å². The van der Waals surface area contributed by atoms with Crippen molar-refractivity contribution in [1.82, 2.24) is 5.32 Å². The molecule has 0 saturated heterocycles. The lowest BCUT2D eigenvalue weighted by Gasteiger charge is -2.27. The lowest BCUT2D eigenvalue weighted by Crippen LogP contribution is -2.31. The monoisotopic (exact) mass is 388 g/mol. The highest BCUT2D eigenvalue weighted by Crippen LogP contribution is 2.32. The van der Waals surface area contributed by atoms with Gasteiger partial charge in [-0.3, -0.25) is 14.4 Å². The first-order valence-corrected chi connectivity index (χ1v) is 10.2. The largest absolute Gasteiger partial charge is 0.468 e. The summed E-state index contributed by atoms with van der Waals surface area (Å²) < 4.78 is 4.48. The smallest absolute Gasteiger partial charge is 0.325 e. The molecule has 154 valence electrons. The number of carbonyl (C=O) groups excluding carboxylic acids is 3. The Kier molecular flexibility index (Phi) is 8.98. The van der Waals surface area contributed by atoms with Crippen LogP contribution in [0.15, 0.2) is 24.3 Å². The lowest BCUT2D eigenvalue weighted by atomic mass is 9.79. The molecule has 1 aromatic rings. The first-order chi connectivity index (χ1) is 13.5. The van der Waals surface area contributed by atoms with Crippen molar-refractivity contribution in [3.05, 3.63) is 29.8 Å². The molecule has 0 atom stereocenters. The maximum absolute atomic E-state index is 12.5. The summed E-state index contributed by atoms with van der Waals surface area (Å²) >= 11 is 0. The highest BCUT2D eigenvalue weighted by molar-refractivity contribution is 5.92. The van der Waals surface area contributed by atoms with Crippen LogP contribution in [-0.4, -0.2) is 31.4 Å². The number of nitrogens with one attached hydrogen (secondary N) is 2. The zero-order chi connectivity index (χ0) is 20.4. The number of benzene rings is 1. The molecule has 6 nitrogen and oxygen atoms in total. The van der Waals surface area contributed by atoms with Crippen LogP contribution in [0, 0.1) is 11.8 Å². The Balaban J connectivity index is 1.75. The number of esters is 1. The predicted molar refractivity (Wildman–Crippen MR) is 109 cm³/mol. The quantitative estimate of drug-likeness (QED) is 0.635. The molecule has 0 aromatic heterocycles. The van der Waals surface area contributed by atoms with Gasteiger partial charge in [0.1, 0.15) is 6.54 Å². The van der Waals surface area contributed by atoms with Gasteiger partial charge in [-0.1, -0.05) is 38.3 Å². The molecule has 0 bridgehead atoms. The van der Waals surface area contributed by atoms with Crippen LogP contribution >= 0.6 is 0 Å². The summed E-state index contributed by atoms with van der Waals surface area (Å²) in [6.45, 7) is 2.09. The van der Waals surface area contributed by atoms with Crippen LogP contribution in [0.4, 0.5) is 5.69 Å². The number of amides is 2. The topological polar surface area (TPSA) is 84.5 Å². The van der Waals surface area contributed by atoms with Crippen LogP contribution in [0.5, 0.6) is 0 Å². The molecule has 2 rings (SSSR count). The zero-order valence-corrected chi connectivity index (χ0v) is 17.0. The molecule has 1 aromatic carbocycles. The van der Waals surface area contributed by atoms with Gasteiger partial charge in [-0.2, -0.15) is 0 Å². The fraction of sp³-hybridized carbons (Fsp3) is 0.591. The first-order valence-electron chi connectivity index (χ1n) is 10.2. The summed E-state index contributed by atoms with van der Waals surface area (Å²) in [5.41, 5.74) is 1.56. The lowest BCUT2D eigenvalue weighted by molar-refractivity contribution is -0.141. The SMILES string of the molecule is CCCCC1CCC(C(=O)Nc2ccc(CC(=O)NCC(=O)OC)cc2)CC1. The van der Waals surface area contributed by atoms with Crippen LogP contribution in [-0.2, 0) is 25.5 Å². The number of ether oxygens (including phenoxy) is 1. The van der Waals surface area contributed by atoms with Crippen molar-refractivity contribution in [1.29, 1.82) is 0 Å². The molecule has 0 aliphatic heterocycles. The number of hydrogen-bond donors (Lipinski definition) is 2. The second kappa shape index (κ2) is 11.5. The molecule has 2 N–H and O–H groups in total. The summed E-state index contributed by atoms with van der Waals surface area (Å²) in [5, 5.41) is 5.50. The molecule has 6 heteroatoms. The highest BCUT2D eigenvalue weighted by atomic mass is 16.5.